The molecule has 0 radical (unpaired) electrons. The molecule has 0 aliphatic rings. The summed E-state index contributed by atoms with van der Waals surface area (Å²) in [6.07, 6.45) is 2.40. The monoisotopic (exact) mass is 343 g/mol. The quantitative estimate of drug-likeness (QED) is 0.599. The van der Waals surface area contributed by atoms with Crippen molar-refractivity contribution in [1.29, 1.82) is 0 Å². The van der Waals surface area contributed by atoms with Gasteiger partial charge >= 0.3 is 0 Å². The van der Waals surface area contributed by atoms with Crippen LogP contribution in [0.3, 0.4) is 0 Å². The molecule has 1 aromatic heterocycles. The van der Waals surface area contributed by atoms with Crippen LogP contribution >= 0.6 is 0 Å². The first kappa shape index (κ1) is 18.7. The number of anilines is 1. The van der Waals surface area contributed by atoms with Gasteiger partial charge in [-0.3, -0.25) is 0 Å². The molecular weight excluding hydrogens is 317 g/mol. The Balaban J connectivity index is 1.94. The van der Waals surface area contributed by atoms with Crippen LogP contribution in [0.4, 0.5) is 10.2 Å². The zero-order valence-electron chi connectivity index (χ0n) is 15.1. The van der Waals surface area contributed by atoms with E-state index in [9.17, 15) is 4.39 Å². The number of rotatable bonds is 7. The third kappa shape index (κ3) is 6.06. The lowest BCUT2D eigenvalue weighted by Gasteiger charge is -2.13. The first-order chi connectivity index (χ1) is 12.1. The first-order valence-electron chi connectivity index (χ1n) is 8.48. The van der Waals surface area contributed by atoms with Crippen LogP contribution in [0.15, 0.2) is 47.6 Å². The molecule has 6 heteroatoms. The van der Waals surface area contributed by atoms with Crippen molar-refractivity contribution in [2.75, 3.05) is 32.1 Å². The van der Waals surface area contributed by atoms with E-state index in [1.807, 2.05) is 44.1 Å². The van der Waals surface area contributed by atoms with Gasteiger partial charge in [-0.05, 0) is 42.7 Å². The summed E-state index contributed by atoms with van der Waals surface area (Å²) in [4.78, 5) is 10.9. The molecule has 5 nitrogen and oxygen atoms in total. The average molecular weight is 343 g/mol. The Bertz CT molecular complexity index is 700. The van der Waals surface area contributed by atoms with E-state index >= 15 is 0 Å². The predicted octanol–water partition coefficient (Wildman–Crippen LogP) is 2.58. The minimum Gasteiger partial charge on any atom is -0.363 e. The largest absolute Gasteiger partial charge is 0.363 e. The van der Waals surface area contributed by atoms with Crippen LogP contribution < -0.4 is 15.5 Å². The van der Waals surface area contributed by atoms with Crippen LogP contribution in [0.1, 0.15) is 18.1 Å². The molecule has 1 aromatic carbocycles. The molecule has 0 aliphatic carbocycles. The van der Waals surface area contributed by atoms with Gasteiger partial charge in [0.15, 0.2) is 5.96 Å². The van der Waals surface area contributed by atoms with Gasteiger partial charge in [0.25, 0.3) is 0 Å². The summed E-state index contributed by atoms with van der Waals surface area (Å²) in [7, 11) is 3.92. The smallest absolute Gasteiger partial charge is 0.191 e. The minimum absolute atomic E-state index is 0.167. The number of pyridine rings is 1. The molecule has 2 N–H and O–H groups in total. The Morgan fingerprint density at radius 2 is 2.00 bits per heavy atom. The Morgan fingerprint density at radius 1 is 1.20 bits per heavy atom. The highest BCUT2D eigenvalue weighted by Crippen LogP contribution is 2.10. The second-order valence-corrected chi connectivity index (χ2v) is 5.88. The normalized spacial score (nSPS) is 11.3. The molecule has 0 amide bonds. The zero-order valence-corrected chi connectivity index (χ0v) is 15.1. The van der Waals surface area contributed by atoms with Crippen molar-refractivity contribution in [3.05, 3.63) is 59.5 Å². The molecule has 0 saturated heterocycles. The number of guanidine groups is 1. The van der Waals surface area contributed by atoms with Crippen molar-refractivity contribution in [3.8, 4) is 0 Å². The SMILES string of the molecule is CCNC(=NCc1ccnc(N(C)C)c1)NCCc1ccccc1F. The van der Waals surface area contributed by atoms with Crippen LogP contribution in [-0.4, -0.2) is 38.1 Å². The van der Waals surface area contributed by atoms with E-state index in [-0.39, 0.29) is 5.82 Å². The van der Waals surface area contributed by atoms with Crippen molar-refractivity contribution in [3.63, 3.8) is 0 Å². The van der Waals surface area contributed by atoms with E-state index in [0.717, 1.165) is 23.9 Å². The van der Waals surface area contributed by atoms with Gasteiger partial charge in [0.05, 0.1) is 6.54 Å². The maximum Gasteiger partial charge on any atom is 0.191 e. The van der Waals surface area contributed by atoms with Gasteiger partial charge in [0, 0.05) is 33.4 Å². The van der Waals surface area contributed by atoms with Gasteiger partial charge in [-0.1, -0.05) is 18.2 Å². The molecule has 134 valence electrons. The summed E-state index contributed by atoms with van der Waals surface area (Å²) in [6.45, 7) is 3.96. The summed E-state index contributed by atoms with van der Waals surface area (Å²) in [5.41, 5.74) is 1.79. The highest BCUT2D eigenvalue weighted by atomic mass is 19.1. The standard InChI is InChI=1S/C19H26FN5/c1-4-21-19(23-12-10-16-7-5-6-8-17(16)20)24-14-15-9-11-22-18(13-15)25(2)3/h5-9,11,13H,4,10,12,14H2,1-3H3,(H2,21,23,24). The van der Waals surface area contributed by atoms with E-state index in [0.29, 0.717) is 25.1 Å². The molecule has 0 fully saturated rings. The lowest BCUT2D eigenvalue weighted by molar-refractivity contribution is 0.606. The second-order valence-electron chi connectivity index (χ2n) is 5.88. The molecule has 0 spiro atoms. The molecule has 2 aromatic rings. The van der Waals surface area contributed by atoms with E-state index in [1.54, 1.807) is 18.3 Å². The molecule has 0 aliphatic heterocycles. The second kappa shape index (κ2) is 9.61. The van der Waals surface area contributed by atoms with Crippen molar-refractivity contribution in [1.82, 2.24) is 15.6 Å². The topological polar surface area (TPSA) is 52.6 Å². The number of halogens is 1. The van der Waals surface area contributed by atoms with Crippen molar-refractivity contribution in [2.24, 2.45) is 4.99 Å². The Hall–Kier alpha value is -2.63. The summed E-state index contributed by atoms with van der Waals surface area (Å²) in [5, 5.41) is 6.46. The summed E-state index contributed by atoms with van der Waals surface area (Å²) in [6, 6.07) is 10.8. The van der Waals surface area contributed by atoms with E-state index in [1.165, 1.54) is 6.07 Å². The lowest BCUT2D eigenvalue weighted by atomic mass is 10.1. The fourth-order valence-corrected chi connectivity index (χ4v) is 2.33. The van der Waals surface area contributed by atoms with Gasteiger partial charge in [-0.25, -0.2) is 14.4 Å². The molecule has 2 rings (SSSR count). The number of hydrogen-bond acceptors (Lipinski definition) is 3. The molecular formula is C19H26FN5. The van der Waals surface area contributed by atoms with E-state index in [2.05, 4.69) is 20.6 Å². The number of aliphatic imine (C=N–C) groups is 1. The Kier molecular flexibility index (Phi) is 7.19. The van der Waals surface area contributed by atoms with Gasteiger partial charge in [-0.15, -0.1) is 0 Å². The van der Waals surface area contributed by atoms with Gasteiger partial charge in [0.2, 0.25) is 0 Å². The number of benzene rings is 1. The Labute approximate surface area is 149 Å². The lowest BCUT2D eigenvalue weighted by Crippen LogP contribution is -2.38. The third-order valence-electron chi connectivity index (χ3n) is 3.68. The maximum atomic E-state index is 13.7. The molecule has 25 heavy (non-hydrogen) atoms. The van der Waals surface area contributed by atoms with Crippen molar-refractivity contribution >= 4 is 11.8 Å². The predicted molar refractivity (Wildman–Crippen MR) is 101 cm³/mol. The fourth-order valence-electron chi connectivity index (χ4n) is 2.33. The van der Waals surface area contributed by atoms with Crippen molar-refractivity contribution < 1.29 is 4.39 Å². The summed E-state index contributed by atoms with van der Waals surface area (Å²) in [5.74, 6) is 1.46. The van der Waals surface area contributed by atoms with Gasteiger partial charge in [0.1, 0.15) is 11.6 Å². The number of nitrogens with zero attached hydrogens (tertiary/aromatic N) is 3. The zero-order chi connectivity index (χ0) is 18.1. The van der Waals surface area contributed by atoms with E-state index < -0.39 is 0 Å². The van der Waals surface area contributed by atoms with Crippen LogP contribution in [0.5, 0.6) is 0 Å². The summed E-state index contributed by atoms with van der Waals surface area (Å²) < 4.78 is 13.7. The van der Waals surface area contributed by atoms with Crippen LogP contribution in [-0.2, 0) is 13.0 Å². The third-order valence-corrected chi connectivity index (χ3v) is 3.68. The molecule has 0 atom stereocenters. The van der Waals surface area contributed by atoms with Crippen LogP contribution in [0, 0.1) is 5.82 Å². The molecule has 0 unspecified atom stereocenters. The maximum absolute atomic E-state index is 13.7. The number of aromatic nitrogens is 1. The van der Waals surface area contributed by atoms with Gasteiger partial charge in [-0.2, -0.15) is 0 Å². The Morgan fingerprint density at radius 3 is 2.72 bits per heavy atom. The van der Waals surface area contributed by atoms with Crippen molar-refractivity contribution in [2.45, 2.75) is 19.9 Å². The molecule has 0 bridgehead atoms. The number of hydrogen-bond donors (Lipinski definition) is 2. The number of nitrogens with one attached hydrogen (secondary N) is 2. The first-order valence-corrected chi connectivity index (χ1v) is 8.48. The van der Waals surface area contributed by atoms with Crippen LogP contribution in [0.2, 0.25) is 0 Å². The summed E-state index contributed by atoms with van der Waals surface area (Å²) >= 11 is 0. The van der Waals surface area contributed by atoms with Crippen LogP contribution in [0.25, 0.3) is 0 Å². The molecule has 0 saturated carbocycles. The fraction of sp³-hybridized carbons (Fsp3) is 0.368. The van der Waals surface area contributed by atoms with Gasteiger partial charge < -0.3 is 15.5 Å². The van der Waals surface area contributed by atoms with E-state index in [4.69, 9.17) is 0 Å². The molecule has 1 heterocycles. The average Bonchev–Trinajstić information content (AvgIpc) is 2.61. The minimum atomic E-state index is -0.167. The highest BCUT2D eigenvalue weighted by molar-refractivity contribution is 5.79. The highest BCUT2D eigenvalue weighted by Gasteiger charge is 2.03.